The molecule has 0 aliphatic carbocycles. The summed E-state index contributed by atoms with van der Waals surface area (Å²) in [6, 6.07) is 5.96. The van der Waals surface area contributed by atoms with Crippen LogP contribution in [0.4, 0.5) is 0 Å². The van der Waals surface area contributed by atoms with E-state index in [0.717, 1.165) is 18.0 Å². The van der Waals surface area contributed by atoms with Crippen LogP contribution in [0.3, 0.4) is 0 Å². The third kappa shape index (κ3) is 1.81. The topological polar surface area (TPSA) is 35.1 Å². The van der Waals surface area contributed by atoms with Gasteiger partial charge in [-0.25, -0.2) is 0 Å². The average Bonchev–Trinajstić information content (AvgIpc) is 2.65. The summed E-state index contributed by atoms with van der Waals surface area (Å²) in [5, 5.41) is 2.07. The second-order valence-electron chi connectivity index (χ2n) is 3.09. The van der Waals surface area contributed by atoms with E-state index >= 15 is 0 Å². The first-order chi connectivity index (χ1) is 6.90. The van der Waals surface area contributed by atoms with Gasteiger partial charge in [0.1, 0.15) is 13.1 Å². The summed E-state index contributed by atoms with van der Waals surface area (Å²) < 4.78 is 10.5. The molecule has 1 aliphatic heterocycles. The summed E-state index contributed by atoms with van der Waals surface area (Å²) in [5.74, 6) is 4.23. The van der Waals surface area contributed by atoms with Crippen LogP contribution in [-0.2, 0) is 6.54 Å². The van der Waals surface area contributed by atoms with Crippen LogP contribution >= 0.6 is 0 Å². The van der Waals surface area contributed by atoms with Crippen molar-refractivity contribution in [3.05, 3.63) is 23.8 Å². The third-order valence-corrected chi connectivity index (χ3v) is 2.08. The predicted molar refractivity (Wildman–Crippen MR) is 51.9 cm³/mol. The van der Waals surface area contributed by atoms with Gasteiger partial charge in [-0.15, -0.1) is 6.42 Å². The van der Waals surface area contributed by atoms with Gasteiger partial charge in [-0.05, 0) is 24.1 Å². The van der Waals surface area contributed by atoms with E-state index in [4.69, 9.17) is 15.9 Å². The summed E-state index contributed by atoms with van der Waals surface area (Å²) in [5.41, 5.74) is 1.20. The first-order valence-electron chi connectivity index (χ1n) is 4.54. The van der Waals surface area contributed by atoms with Gasteiger partial charge in [0.05, 0.1) is 0 Å². The van der Waals surface area contributed by atoms with Gasteiger partial charge in [0.2, 0.25) is 6.79 Å². The van der Waals surface area contributed by atoms with Crippen molar-refractivity contribution in [3.8, 4) is 23.8 Å². The molecule has 0 saturated heterocycles. The number of hydrogen-bond donors (Lipinski definition) is 1. The molecule has 3 nitrogen and oxygen atoms in total. The zero-order chi connectivity index (χ0) is 9.80. The normalized spacial score (nSPS) is 12.5. The second kappa shape index (κ2) is 4.03. The monoisotopic (exact) mass is 190 g/mol. The smallest absolute Gasteiger partial charge is 0.231 e. The maximum Gasteiger partial charge on any atom is 0.231 e. The van der Waals surface area contributed by atoms with Crippen molar-refractivity contribution in [1.82, 2.24) is 0 Å². The molecule has 0 amide bonds. The van der Waals surface area contributed by atoms with Crippen LogP contribution in [0.2, 0.25) is 0 Å². The van der Waals surface area contributed by atoms with E-state index in [2.05, 4.69) is 11.2 Å². The summed E-state index contributed by atoms with van der Waals surface area (Å²) in [6.45, 7) is 1.90. The fourth-order valence-corrected chi connectivity index (χ4v) is 1.39. The van der Waals surface area contributed by atoms with E-state index in [1.165, 1.54) is 5.56 Å². The molecule has 72 valence electrons. The molecule has 2 N–H and O–H groups in total. The predicted octanol–water partition coefficient (Wildman–Crippen LogP) is 0.112. The molecule has 3 heteroatoms. The minimum Gasteiger partial charge on any atom is -0.454 e. The van der Waals surface area contributed by atoms with Gasteiger partial charge in [-0.1, -0.05) is 0 Å². The fraction of sp³-hybridized carbons (Fsp3) is 0.273. The first-order valence-corrected chi connectivity index (χ1v) is 4.54. The highest BCUT2D eigenvalue weighted by atomic mass is 16.7. The summed E-state index contributed by atoms with van der Waals surface area (Å²) in [4.78, 5) is 0. The summed E-state index contributed by atoms with van der Waals surface area (Å²) in [7, 11) is 0. The Bertz CT molecular complexity index is 368. The minimum absolute atomic E-state index is 0.326. The third-order valence-electron chi connectivity index (χ3n) is 2.08. The number of quaternary nitrogens is 1. The van der Waals surface area contributed by atoms with Crippen molar-refractivity contribution < 1.29 is 14.8 Å². The number of fused-ring (bicyclic) bond motifs is 1. The lowest BCUT2D eigenvalue weighted by atomic mass is 10.2. The Kier molecular flexibility index (Phi) is 2.57. The Morgan fingerprint density at radius 1 is 1.36 bits per heavy atom. The van der Waals surface area contributed by atoms with E-state index in [0.29, 0.717) is 13.3 Å². The van der Waals surface area contributed by atoms with Gasteiger partial charge < -0.3 is 14.8 Å². The average molecular weight is 190 g/mol. The standard InChI is InChI=1S/C11H11NO2/c1-2-5-12-7-9-3-4-10-11(6-9)14-8-13-10/h1,3-4,6,12H,5,7-8H2/p+1. The molecule has 0 bridgehead atoms. The van der Waals surface area contributed by atoms with E-state index in [1.54, 1.807) is 0 Å². The molecule has 0 unspecified atom stereocenters. The lowest BCUT2D eigenvalue weighted by Gasteiger charge is -2.00. The molecule has 1 heterocycles. The van der Waals surface area contributed by atoms with Gasteiger partial charge in [0.25, 0.3) is 0 Å². The molecule has 0 aromatic heterocycles. The quantitative estimate of drug-likeness (QED) is 0.542. The maximum absolute atomic E-state index is 5.27. The lowest BCUT2D eigenvalue weighted by molar-refractivity contribution is -0.660. The molecule has 1 aromatic rings. The summed E-state index contributed by atoms with van der Waals surface area (Å²) in [6.07, 6.45) is 5.16. The van der Waals surface area contributed by atoms with Gasteiger partial charge in [-0.3, -0.25) is 0 Å². The van der Waals surface area contributed by atoms with Crippen molar-refractivity contribution >= 4 is 0 Å². The van der Waals surface area contributed by atoms with E-state index in [9.17, 15) is 0 Å². The van der Waals surface area contributed by atoms with Gasteiger partial charge in [0, 0.05) is 5.56 Å². The lowest BCUT2D eigenvalue weighted by Crippen LogP contribution is -2.82. The van der Waals surface area contributed by atoms with Crippen molar-refractivity contribution in [2.75, 3.05) is 13.3 Å². The molecular formula is C11H12NO2+. The summed E-state index contributed by atoms with van der Waals surface area (Å²) >= 11 is 0. The maximum atomic E-state index is 5.27. The molecule has 0 saturated carbocycles. The molecule has 14 heavy (non-hydrogen) atoms. The largest absolute Gasteiger partial charge is 0.454 e. The van der Waals surface area contributed by atoms with Crippen molar-refractivity contribution in [3.63, 3.8) is 0 Å². The second-order valence-corrected chi connectivity index (χ2v) is 3.09. The number of nitrogens with two attached hydrogens (primary N) is 1. The highest BCUT2D eigenvalue weighted by Crippen LogP contribution is 2.32. The van der Waals surface area contributed by atoms with Gasteiger partial charge in [0.15, 0.2) is 11.5 Å². The van der Waals surface area contributed by atoms with Crippen molar-refractivity contribution in [1.29, 1.82) is 0 Å². The number of benzene rings is 1. The van der Waals surface area contributed by atoms with Crippen LogP contribution in [0, 0.1) is 12.3 Å². The Balaban J connectivity index is 2.02. The molecular weight excluding hydrogens is 178 g/mol. The first kappa shape index (κ1) is 8.92. The van der Waals surface area contributed by atoms with Crippen LogP contribution in [0.15, 0.2) is 18.2 Å². The number of terminal acetylenes is 1. The molecule has 0 radical (unpaired) electrons. The zero-order valence-corrected chi connectivity index (χ0v) is 7.82. The molecule has 0 spiro atoms. The van der Waals surface area contributed by atoms with Crippen molar-refractivity contribution in [2.45, 2.75) is 6.54 Å². The molecule has 1 aliphatic rings. The van der Waals surface area contributed by atoms with Crippen LogP contribution in [0.25, 0.3) is 0 Å². The fourth-order valence-electron chi connectivity index (χ4n) is 1.39. The molecule has 0 atom stereocenters. The number of hydrogen-bond acceptors (Lipinski definition) is 2. The van der Waals surface area contributed by atoms with Crippen LogP contribution in [0.1, 0.15) is 5.56 Å². The Morgan fingerprint density at radius 2 is 2.21 bits per heavy atom. The highest BCUT2D eigenvalue weighted by molar-refractivity contribution is 5.44. The van der Waals surface area contributed by atoms with Gasteiger partial charge in [-0.2, -0.15) is 0 Å². The Hall–Kier alpha value is -1.66. The van der Waals surface area contributed by atoms with Gasteiger partial charge >= 0.3 is 0 Å². The van der Waals surface area contributed by atoms with E-state index < -0.39 is 0 Å². The number of rotatable bonds is 3. The Morgan fingerprint density at radius 3 is 3.07 bits per heavy atom. The zero-order valence-electron chi connectivity index (χ0n) is 7.82. The highest BCUT2D eigenvalue weighted by Gasteiger charge is 2.13. The molecule has 1 aromatic carbocycles. The SMILES string of the molecule is C#CC[NH2+]Cc1ccc2c(c1)OCO2. The number of ether oxygens (including phenoxy) is 2. The van der Waals surface area contributed by atoms with Crippen LogP contribution in [0.5, 0.6) is 11.5 Å². The minimum atomic E-state index is 0.326. The van der Waals surface area contributed by atoms with Crippen LogP contribution in [-0.4, -0.2) is 13.3 Å². The van der Waals surface area contributed by atoms with Crippen molar-refractivity contribution in [2.24, 2.45) is 0 Å². The van der Waals surface area contributed by atoms with Crippen LogP contribution < -0.4 is 14.8 Å². The van der Waals surface area contributed by atoms with E-state index in [-0.39, 0.29) is 0 Å². The molecule has 2 rings (SSSR count). The Labute approximate surface area is 83.0 Å². The molecule has 0 fully saturated rings. The van der Waals surface area contributed by atoms with E-state index in [1.807, 2.05) is 18.2 Å².